The lowest BCUT2D eigenvalue weighted by Gasteiger charge is -2.08. The fraction of sp³-hybridized carbons (Fsp3) is 0.125. The Morgan fingerprint density at radius 3 is 2.84 bits per heavy atom. The molecule has 2 rings (SSSR count). The summed E-state index contributed by atoms with van der Waals surface area (Å²) in [7, 11) is 1.55. The normalized spacial score (nSPS) is 10.5. The van der Waals surface area contributed by atoms with Crippen LogP contribution in [-0.2, 0) is 4.79 Å². The molecule has 0 aliphatic heterocycles. The Morgan fingerprint density at radius 2 is 2.16 bits per heavy atom. The fourth-order valence-electron chi connectivity index (χ4n) is 1.80. The van der Waals surface area contributed by atoms with Crippen molar-refractivity contribution in [2.45, 2.75) is 0 Å². The van der Waals surface area contributed by atoms with Crippen molar-refractivity contribution in [2.24, 2.45) is 5.10 Å². The molecular weight excluding hydrogens is 394 g/mol. The van der Waals surface area contributed by atoms with Gasteiger partial charge < -0.3 is 9.47 Å². The van der Waals surface area contributed by atoms with Gasteiger partial charge in [0, 0.05) is 17.7 Å². The number of non-ortho nitro benzene ring substituents is 1. The number of ether oxygens (including phenoxy) is 2. The van der Waals surface area contributed by atoms with Gasteiger partial charge in [-0.15, -0.1) is 0 Å². The van der Waals surface area contributed by atoms with E-state index in [1.807, 2.05) is 0 Å². The number of rotatable bonds is 7. The van der Waals surface area contributed by atoms with Crippen molar-refractivity contribution >= 4 is 33.7 Å². The van der Waals surface area contributed by atoms with E-state index < -0.39 is 10.8 Å². The van der Waals surface area contributed by atoms with E-state index in [0.717, 1.165) is 0 Å². The minimum Gasteiger partial charge on any atom is -0.497 e. The molecule has 130 valence electrons. The number of benzene rings is 2. The topological polar surface area (TPSA) is 103 Å². The average Bonchev–Trinajstić information content (AvgIpc) is 2.60. The second kappa shape index (κ2) is 8.78. The zero-order chi connectivity index (χ0) is 18.2. The number of nitrogens with one attached hydrogen (secondary N) is 1. The first-order valence-electron chi connectivity index (χ1n) is 7.02. The zero-order valence-corrected chi connectivity index (χ0v) is 14.7. The van der Waals surface area contributed by atoms with Gasteiger partial charge in [0.15, 0.2) is 6.61 Å². The molecule has 0 atom stereocenters. The van der Waals surface area contributed by atoms with E-state index in [-0.39, 0.29) is 12.3 Å². The third-order valence-corrected chi connectivity index (χ3v) is 3.60. The number of amides is 1. The Hall–Kier alpha value is -2.94. The van der Waals surface area contributed by atoms with Gasteiger partial charge in [0.1, 0.15) is 11.5 Å². The number of nitro groups is 1. The molecule has 2 aromatic rings. The Morgan fingerprint density at radius 1 is 1.36 bits per heavy atom. The lowest BCUT2D eigenvalue weighted by Crippen LogP contribution is -2.24. The van der Waals surface area contributed by atoms with Crippen molar-refractivity contribution in [2.75, 3.05) is 13.7 Å². The molecule has 9 heteroatoms. The van der Waals surface area contributed by atoms with Gasteiger partial charge in [-0.05, 0) is 34.1 Å². The lowest BCUT2D eigenvalue weighted by molar-refractivity contribution is -0.384. The summed E-state index contributed by atoms with van der Waals surface area (Å²) in [6, 6.07) is 11.0. The van der Waals surface area contributed by atoms with Gasteiger partial charge in [0.2, 0.25) is 0 Å². The molecule has 0 unspecified atom stereocenters. The van der Waals surface area contributed by atoms with Crippen LogP contribution in [0.3, 0.4) is 0 Å². The Kier molecular flexibility index (Phi) is 6.47. The molecule has 0 radical (unpaired) electrons. The molecule has 0 aliphatic carbocycles. The van der Waals surface area contributed by atoms with Crippen LogP contribution in [0.25, 0.3) is 0 Å². The largest absolute Gasteiger partial charge is 0.497 e. The van der Waals surface area contributed by atoms with E-state index in [2.05, 4.69) is 26.5 Å². The molecule has 0 spiro atoms. The van der Waals surface area contributed by atoms with E-state index in [4.69, 9.17) is 9.47 Å². The molecule has 0 aliphatic rings. The van der Waals surface area contributed by atoms with Gasteiger partial charge in [0.05, 0.1) is 22.7 Å². The average molecular weight is 408 g/mol. The van der Waals surface area contributed by atoms with Crippen LogP contribution in [0.2, 0.25) is 0 Å². The quantitative estimate of drug-likeness (QED) is 0.431. The van der Waals surface area contributed by atoms with Crippen molar-refractivity contribution in [1.82, 2.24) is 5.43 Å². The highest BCUT2D eigenvalue weighted by Crippen LogP contribution is 2.28. The maximum Gasteiger partial charge on any atom is 0.277 e. The highest BCUT2D eigenvalue weighted by Gasteiger charge is 2.07. The maximum absolute atomic E-state index is 11.7. The van der Waals surface area contributed by atoms with Crippen LogP contribution in [0, 0.1) is 10.1 Å². The number of hydrogen-bond donors (Lipinski definition) is 1. The fourth-order valence-corrected chi connectivity index (χ4v) is 2.27. The van der Waals surface area contributed by atoms with Crippen LogP contribution in [0.1, 0.15) is 5.56 Å². The summed E-state index contributed by atoms with van der Waals surface area (Å²) >= 11 is 3.32. The van der Waals surface area contributed by atoms with Crippen LogP contribution < -0.4 is 14.9 Å². The maximum atomic E-state index is 11.7. The lowest BCUT2D eigenvalue weighted by atomic mass is 10.2. The number of carbonyl (C=O) groups excluding carboxylic acids is 1. The summed E-state index contributed by atoms with van der Waals surface area (Å²) in [6.45, 7) is -0.239. The van der Waals surface area contributed by atoms with Gasteiger partial charge in [-0.25, -0.2) is 5.43 Å². The monoisotopic (exact) mass is 407 g/mol. The molecule has 2 aromatic carbocycles. The summed E-state index contributed by atoms with van der Waals surface area (Å²) in [5.41, 5.74) is 2.73. The number of nitro benzene ring substituents is 1. The molecule has 1 amide bonds. The third-order valence-electron chi connectivity index (χ3n) is 2.98. The minimum absolute atomic E-state index is 0.0528. The van der Waals surface area contributed by atoms with Crippen LogP contribution in [0.5, 0.6) is 11.5 Å². The smallest absolute Gasteiger partial charge is 0.277 e. The number of hydrazone groups is 1. The predicted molar refractivity (Wildman–Crippen MR) is 95.0 cm³/mol. The van der Waals surface area contributed by atoms with Crippen molar-refractivity contribution in [3.8, 4) is 11.5 Å². The summed E-state index contributed by atoms with van der Waals surface area (Å²) in [6.07, 6.45) is 1.31. The van der Waals surface area contributed by atoms with E-state index in [1.165, 1.54) is 24.4 Å². The molecule has 0 saturated heterocycles. The molecule has 8 nitrogen and oxygen atoms in total. The molecule has 0 bridgehead atoms. The van der Waals surface area contributed by atoms with Gasteiger partial charge in [-0.1, -0.05) is 12.1 Å². The summed E-state index contributed by atoms with van der Waals surface area (Å²) in [5, 5.41) is 14.4. The molecule has 0 saturated carbocycles. The number of halogens is 1. The van der Waals surface area contributed by atoms with E-state index in [0.29, 0.717) is 21.5 Å². The standard InChI is InChI=1S/C16H14BrN3O5/c1-24-13-5-6-15(14(17)8-13)25-10-16(21)19-18-9-11-3-2-4-12(7-11)20(22)23/h2-9H,10H2,1H3,(H,19,21). The van der Waals surface area contributed by atoms with E-state index in [9.17, 15) is 14.9 Å². The van der Waals surface area contributed by atoms with E-state index in [1.54, 1.807) is 31.4 Å². The number of carbonyl (C=O) groups is 1. The van der Waals surface area contributed by atoms with Gasteiger partial charge in [-0.3, -0.25) is 14.9 Å². The molecule has 0 aromatic heterocycles. The summed E-state index contributed by atoms with van der Waals surface area (Å²) in [4.78, 5) is 21.9. The molecule has 1 N–H and O–H groups in total. The highest BCUT2D eigenvalue weighted by molar-refractivity contribution is 9.10. The SMILES string of the molecule is COc1ccc(OCC(=O)NN=Cc2cccc([N+](=O)[O-])c2)c(Br)c1. The van der Waals surface area contributed by atoms with Crippen molar-refractivity contribution in [3.05, 3.63) is 62.6 Å². The van der Waals surface area contributed by atoms with Crippen molar-refractivity contribution < 1.29 is 19.2 Å². The zero-order valence-electron chi connectivity index (χ0n) is 13.1. The molecule has 0 fully saturated rings. The second-order valence-electron chi connectivity index (χ2n) is 4.73. The highest BCUT2D eigenvalue weighted by atomic mass is 79.9. The van der Waals surface area contributed by atoms with Crippen LogP contribution in [0.4, 0.5) is 5.69 Å². The summed E-state index contributed by atoms with van der Waals surface area (Å²) < 4.78 is 11.1. The first-order chi connectivity index (χ1) is 12.0. The first-order valence-corrected chi connectivity index (χ1v) is 7.81. The number of nitrogens with zero attached hydrogens (tertiary/aromatic N) is 2. The number of hydrogen-bond acceptors (Lipinski definition) is 6. The Balaban J connectivity index is 1.86. The Labute approximate surface area is 151 Å². The van der Waals surface area contributed by atoms with Crippen LogP contribution >= 0.6 is 15.9 Å². The van der Waals surface area contributed by atoms with Crippen LogP contribution in [0.15, 0.2) is 52.0 Å². The first kappa shape index (κ1) is 18.4. The Bertz CT molecular complexity index is 810. The second-order valence-corrected chi connectivity index (χ2v) is 5.58. The van der Waals surface area contributed by atoms with Crippen molar-refractivity contribution in [1.29, 1.82) is 0 Å². The molecular formula is C16H14BrN3O5. The number of methoxy groups -OCH3 is 1. The minimum atomic E-state index is -0.503. The third kappa shape index (κ3) is 5.57. The van der Waals surface area contributed by atoms with Gasteiger partial charge in [0.25, 0.3) is 11.6 Å². The van der Waals surface area contributed by atoms with Crippen molar-refractivity contribution in [3.63, 3.8) is 0 Å². The van der Waals surface area contributed by atoms with Gasteiger partial charge >= 0.3 is 0 Å². The van der Waals surface area contributed by atoms with Crippen LogP contribution in [-0.4, -0.2) is 30.8 Å². The predicted octanol–water partition coefficient (Wildman–Crippen LogP) is 2.90. The van der Waals surface area contributed by atoms with E-state index >= 15 is 0 Å². The van der Waals surface area contributed by atoms with Gasteiger partial charge in [-0.2, -0.15) is 5.10 Å². The molecule has 25 heavy (non-hydrogen) atoms. The summed E-state index contributed by atoms with van der Waals surface area (Å²) in [5.74, 6) is 0.674. The molecule has 0 heterocycles.